The maximum absolute atomic E-state index is 5.46. The molecular weight excluding hydrogens is 324 g/mol. The van der Waals surface area contributed by atoms with Crippen LogP contribution in [0.25, 0.3) is 0 Å². The van der Waals surface area contributed by atoms with Crippen molar-refractivity contribution in [3.63, 3.8) is 0 Å². The van der Waals surface area contributed by atoms with Gasteiger partial charge in [0.25, 0.3) is 0 Å². The molecule has 0 aliphatic carbocycles. The number of benzene rings is 1. The minimum absolute atomic E-state index is 0.0924. The van der Waals surface area contributed by atoms with E-state index in [-0.39, 0.29) is 6.04 Å². The van der Waals surface area contributed by atoms with Crippen LogP contribution >= 0.6 is 15.9 Å². The van der Waals surface area contributed by atoms with Crippen LogP contribution in [-0.2, 0) is 7.05 Å². The van der Waals surface area contributed by atoms with Crippen LogP contribution in [-0.4, -0.2) is 36.3 Å². The zero-order valence-electron chi connectivity index (χ0n) is 11.8. The van der Waals surface area contributed by atoms with Crippen LogP contribution in [0.15, 0.2) is 22.8 Å². The van der Waals surface area contributed by atoms with Gasteiger partial charge in [-0.3, -0.25) is 0 Å². The molecule has 1 unspecified atom stereocenters. The lowest BCUT2D eigenvalue weighted by atomic mass is 10.0. The summed E-state index contributed by atoms with van der Waals surface area (Å²) in [5.41, 5.74) is 1.91. The standard InChI is InChI=1S/C13H17BrN4O2/c1-15-11(12-13(14)16-17-18(12)2)9-6-5-8(19-3)7-10(9)20-4/h5-7,11,15H,1-4H3. The fourth-order valence-electron chi connectivity index (χ4n) is 2.14. The van der Waals surface area contributed by atoms with Gasteiger partial charge < -0.3 is 14.8 Å². The number of ether oxygens (including phenoxy) is 2. The van der Waals surface area contributed by atoms with Gasteiger partial charge in [0.05, 0.1) is 26.0 Å². The van der Waals surface area contributed by atoms with Crippen LogP contribution in [0, 0.1) is 0 Å². The third-order valence-electron chi connectivity index (χ3n) is 3.14. The number of nitrogens with one attached hydrogen (secondary N) is 1. The third kappa shape index (κ3) is 2.64. The summed E-state index contributed by atoms with van der Waals surface area (Å²) in [7, 11) is 7.01. The number of hydrogen-bond acceptors (Lipinski definition) is 5. The summed E-state index contributed by atoms with van der Waals surface area (Å²) in [5.74, 6) is 1.50. The Bertz CT molecular complexity index is 581. The molecule has 20 heavy (non-hydrogen) atoms. The highest BCUT2D eigenvalue weighted by molar-refractivity contribution is 9.10. The van der Waals surface area contributed by atoms with Crippen molar-refractivity contribution in [2.45, 2.75) is 6.04 Å². The Morgan fingerprint density at radius 1 is 1.30 bits per heavy atom. The number of halogens is 1. The molecule has 0 amide bonds. The summed E-state index contributed by atoms with van der Waals surface area (Å²) < 4.78 is 13.1. The lowest BCUT2D eigenvalue weighted by Crippen LogP contribution is -2.21. The smallest absolute Gasteiger partial charge is 0.153 e. The number of hydrogen-bond donors (Lipinski definition) is 1. The first-order chi connectivity index (χ1) is 9.62. The van der Waals surface area contributed by atoms with Crippen molar-refractivity contribution in [1.82, 2.24) is 20.3 Å². The fourth-order valence-corrected chi connectivity index (χ4v) is 2.70. The van der Waals surface area contributed by atoms with Crippen LogP contribution < -0.4 is 14.8 Å². The molecule has 0 aliphatic rings. The highest BCUT2D eigenvalue weighted by Gasteiger charge is 2.23. The summed E-state index contributed by atoms with van der Waals surface area (Å²) in [6.07, 6.45) is 0. The van der Waals surface area contributed by atoms with Crippen LogP contribution in [0.5, 0.6) is 11.5 Å². The molecule has 0 spiro atoms. The molecule has 2 aromatic rings. The van der Waals surface area contributed by atoms with Crippen LogP contribution in [0.2, 0.25) is 0 Å². The first-order valence-corrected chi connectivity index (χ1v) is 6.86. The van der Waals surface area contributed by atoms with Gasteiger partial charge in [0, 0.05) is 18.7 Å². The van der Waals surface area contributed by atoms with Gasteiger partial charge in [0.2, 0.25) is 0 Å². The van der Waals surface area contributed by atoms with E-state index in [0.717, 1.165) is 22.8 Å². The van der Waals surface area contributed by atoms with Gasteiger partial charge in [-0.15, -0.1) is 5.10 Å². The highest BCUT2D eigenvalue weighted by atomic mass is 79.9. The molecule has 108 valence electrons. The maximum Gasteiger partial charge on any atom is 0.153 e. The van der Waals surface area contributed by atoms with E-state index in [1.807, 2.05) is 32.3 Å². The number of aryl methyl sites for hydroxylation is 1. The van der Waals surface area contributed by atoms with Gasteiger partial charge in [-0.25, -0.2) is 4.68 Å². The van der Waals surface area contributed by atoms with E-state index in [4.69, 9.17) is 9.47 Å². The first-order valence-electron chi connectivity index (χ1n) is 6.06. The molecule has 2 rings (SSSR count). The fraction of sp³-hybridized carbons (Fsp3) is 0.385. The highest BCUT2D eigenvalue weighted by Crippen LogP contribution is 2.34. The first kappa shape index (κ1) is 14.8. The quantitative estimate of drug-likeness (QED) is 0.900. The van der Waals surface area contributed by atoms with Crippen molar-refractivity contribution >= 4 is 15.9 Å². The van der Waals surface area contributed by atoms with Gasteiger partial charge in [-0.2, -0.15) is 0 Å². The molecule has 0 bridgehead atoms. The summed E-state index contributed by atoms with van der Waals surface area (Å²) in [4.78, 5) is 0. The van der Waals surface area contributed by atoms with Crippen molar-refractivity contribution in [2.75, 3.05) is 21.3 Å². The van der Waals surface area contributed by atoms with E-state index in [0.29, 0.717) is 4.60 Å². The lowest BCUT2D eigenvalue weighted by Gasteiger charge is -2.20. The summed E-state index contributed by atoms with van der Waals surface area (Å²) >= 11 is 3.43. The molecule has 7 heteroatoms. The third-order valence-corrected chi connectivity index (χ3v) is 3.71. The second-order valence-electron chi connectivity index (χ2n) is 4.22. The number of rotatable bonds is 5. The van der Waals surface area contributed by atoms with E-state index in [1.165, 1.54) is 0 Å². The van der Waals surface area contributed by atoms with E-state index in [1.54, 1.807) is 18.9 Å². The molecular formula is C13H17BrN4O2. The van der Waals surface area contributed by atoms with Crippen molar-refractivity contribution in [1.29, 1.82) is 0 Å². The molecule has 0 saturated carbocycles. The monoisotopic (exact) mass is 340 g/mol. The van der Waals surface area contributed by atoms with Crippen molar-refractivity contribution in [3.8, 4) is 11.5 Å². The largest absolute Gasteiger partial charge is 0.497 e. The van der Waals surface area contributed by atoms with Crippen LogP contribution in [0.4, 0.5) is 0 Å². The lowest BCUT2D eigenvalue weighted by molar-refractivity contribution is 0.387. The van der Waals surface area contributed by atoms with Crippen LogP contribution in [0.3, 0.4) is 0 Å². The SMILES string of the molecule is CNC(c1ccc(OC)cc1OC)c1c(Br)nnn1C. The summed E-state index contributed by atoms with van der Waals surface area (Å²) in [6.45, 7) is 0. The van der Waals surface area contributed by atoms with E-state index in [2.05, 4.69) is 31.6 Å². The molecule has 0 saturated heterocycles. The number of methoxy groups -OCH3 is 2. The van der Waals surface area contributed by atoms with Gasteiger partial charge in [0.1, 0.15) is 11.5 Å². The Labute approximate surface area is 126 Å². The average Bonchev–Trinajstić information content (AvgIpc) is 2.80. The summed E-state index contributed by atoms with van der Waals surface area (Å²) in [6, 6.07) is 5.64. The van der Waals surface area contributed by atoms with Gasteiger partial charge >= 0.3 is 0 Å². The molecule has 1 N–H and O–H groups in total. The molecule has 6 nitrogen and oxygen atoms in total. The number of aromatic nitrogens is 3. The Morgan fingerprint density at radius 2 is 2.05 bits per heavy atom. The minimum atomic E-state index is -0.0924. The van der Waals surface area contributed by atoms with Crippen molar-refractivity contribution < 1.29 is 9.47 Å². The molecule has 1 aromatic heterocycles. The molecule has 1 heterocycles. The maximum atomic E-state index is 5.46. The van der Waals surface area contributed by atoms with Gasteiger partial charge in [0.15, 0.2) is 4.60 Å². The Hall–Kier alpha value is -1.60. The minimum Gasteiger partial charge on any atom is -0.497 e. The van der Waals surface area contributed by atoms with Crippen molar-refractivity contribution in [3.05, 3.63) is 34.1 Å². The van der Waals surface area contributed by atoms with Gasteiger partial charge in [-0.05, 0) is 35.1 Å². The van der Waals surface area contributed by atoms with Crippen LogP contribution in [0.1, 0.15) is 17.3 Å². The molecule has 1 atom stereocenters. The molecule has 0 fully saturated rings. The number of nitrogens with zero attached hydrogens (tertiary/aromatic N) is 3. The second kappa shape index (κ2) is 6.23. The van der Waals surface area contributed by atoms with E-state index >= 15 is 0 Å². The second-order valence-corrected chi connectivity index (χ2v) is 4.97. The van der Waals surface area contributed by atoms with E-state index in [9.17, 15) is 0 Å². The van der Waals surface area contributed by atoms with E-state index < -0.39 is 0 Å². The zero-order chi connectivity index (χ0) is 14.7. The predicted octanol–water partition coefficient (Wildman–Crippen LogP) is 1.90. The summed E-state index contributed by atoms with van der Waals surface area (Å²) in [5, 5.41) is 11.3. The Morgan fingerprint density at radius 3 is 2.55 bits per heavy atom. The Balaban J connectivity index is 2.52. The Kier molecular flexibility index (Phi) is 4.61. The van der Waals surface area contributed by atoms with Gasteiger partial charge in [-0.1, -0.05) is 5.21 Å². The normalized spacial score (nSPS) is 12.2. The predicted molar refractivity (Wildman–Crippen MR) is 79.2 cm³/mol. The molecule has 0 aliphatic heterocycles. The average molecular weight is 341 g/mol. The molecule has 0 radical (unpaired) electrons. The zero-order valence-corrected chi connectivity index (χ0v) is 13.4. The topological polar surface area (TPSA) is 61.2 Å². The molecule has 1 aromatic carbocycles. The van der Waals surface area contributed by atoms with Crippen molar-refractivity contribution in [2.24, 2.45) is 7.05 Å².